The van der Waals surface area contributed by atoms with Gasteiger partial charge in [-0.1, -0.05) is 13.3 Å². The summed E-state index contributed by atoms with van der Waals surface area (Å²) in [5, 5.41) is 12.0. The molecule has 0 bridgehead atoms. The molecule has 0 aromatic carbocycles. The standard InChI is InChI=1S/C13H24N2O4S/c1-5-6-10-15(9(7-20-10)11(16)17)12(18)14-13(2,3)8-19-4/h9-10H,5-8H2,1-4H3,(H,14,18)(H,16,17). The SMILES string of the molecule is CCCC1SCC(C(=O)O)N1C(=O)NC(C)(C)COC. The van der Waals surface area contributed by atoms with E-state index in [4.69, 9.17) is 4.74 Å². The highest BCUT2D eigenvalue weighted by Crippen LogP contribution is 2.32. The van der Waals surface area contributed by atoms with Crippen LogP contribution in [0.2, 0.25) is 0 Å². The third-order valence-corrected chi connectivity index (χ3v) is 4.45. The van der Waals surface area contributed by atoms with Gasteiger partial charge in [-0.3, -0.25) is 4.90 Å². The second-order valence-electron chi connectivity index (χ2n) is 5.59. The van der Waals surface area contributed by atoms with E-state index < -0.39 is 17.6 Å². The van der Waals surface area contributed by atoms with Crippen LogP contribution in [0.1, 0.15) is 33.6 Å². The molecule has 2 unspecified atom stereocenters. The highest BCUT2D eigenvalue weighted by Gasteiger charge is 2.42. The summed E-state index contributed by atoms with van der Waals surface area (Å²) in [5.74, 6) is -0.506. The first-order chi connectivity index (χ1) is 9.32. The summed E-state index contributed by atoms with van der Waals surface area (Å²) < 4.78 is 5.06. The molecule has 0 saturated carbocycles. The van der Waals surface area contributed by atoms with Crippen molar-refractivity contribution in [3.8, 4) is 0 Å². The zero-order chi connectivity index (χ0) is 15.3. The second-order valence-corrected chi connectivity index (χ2v) is 6.80. The van der Waals surface area contributed by atoms with Crippen molar-refractivity contribution in [2.75, 3.05) is 19.5 Å². The summed E-state index contributed by atoms with van der Waals surface area (Å²) in [6.45, 7) is 6.10. The minimum Gasteiger partial charge on any atom is -0.480 e. The van der Waals surface area contributed by atoms with E-state index in [0.717, 1.165) is 12.8 Å². The number of thioether (sulfide) groups is 1. The minimum absolute atomic E-state index is 0.0700. The van der Waals surface area contributed by atoms with Crippen molar-refractivity contribution in [2.45, 2.75) is 50.6 Å². The van der Waals surface area contributed by atoms with Crippen molar-refractivity contribution in [3.05, 3.63) is 0 Å². The van der Waals surface area contributed by atoms with Gasteiger partial charge in [-0.05, 0) is 20.3 Å². The number of nitrogens with one attached hydrogen (secondary N) is 1. The van der Waals surface area contributed by atoms with E-state index in [0.29, 0.717) is 12.4 Å². The van der Waals surface area contributed by atoms with E-state index in [1.165, 1.54) is 16.7 Å². The van der Waals surface area contributed by atoms with Crippen LogP contribution in [0, 0.1) is 0 Å². The van der Waals surface area contributed by atoms with Gasteiger partial charge in [0, 0.05) is 12.9 Å². The molecule has 1 fully saturated rings. The fraction of sp³-hybridized carbons (Fsp3) is 0.846. The van der Waals surface area contributed by atoms with Crippen molar-refractivity contribution in [3.63, 3.8) is 0 Å². The summed E-state index contributed by atoms with van der Waals surface area (Å²) in [6, 6.07) is -1.09. The van der Waals surface area contributed by atoms with Crippen molar-refractivity contribution < 1.29 is 19.4 Å². The fourth-order valence-electron chi connectivity index (χ4n) is 2.25. The lowest BCUT2D eigenvalue weighted by Gasteiger charge is -2.32. The number of urea groups is 1. The lowest BCUT2D eigenvalue weighted by atomic mass is 10.1. The Hall–Kier alpha value is -0.950. The third-order valence-electron chi connectivity index (χ3n) is 3.10. The number of carbonyl (C=O) groups excluding carboxylic acids is 1. The van der Waals surface area contributed by atoms with E-state index >= 15 is 0 Å². The molecule has 1 aliphatic rings. The minimum atomic E-state index is -0.948. The van der Waals surface area contributed by atoms with Crippen LogP contribution in [0.15, 0.2) is 0 Å². The Kier molecular flexibility index (Phi) is 6.13. The van der Waals surface area contributed by atoms with Gasteiger partial charge in [0.2, 0.25) is 0 Å². The molecule has 7 heteroatoms. The largest absolute Gasteiger partial charge is 0.480 e. The van der Waals surface area contributed by atoms with E-state index in [-0.39, 0.29) is 11.4 Å². The molecule has 2 amide bonds. The number of hydrogen-bond donors (Lipinski definition) is 2. The number of ether oxygens (including phenoxy) is 1. The number of rotatable bonds is 6. The Morgan fingerprint density at radius 1 is 1.50 bits per heavy atom. The van der Waals surface area contributed by atoms with Gasteiger partial charge in [0.25, 0.3) is 0 Å². The molecular weight excluding hydrogens is 280 g/mol. The zero-order valence-corrected chi connectivity index (χ0v) is 13.3. The quantitative estimate of drug-likeness (QED) is 0.781. The molecule has 0 aliphatic carbocycles. The molecule has 2 atom stereocenters. The van der Waals surface area contributed by atoms with E-state index in [9.17, 15) is 14.7 Å². The number of carboxylic acids is 1. The summed E-state index contributed by atoms with van der Waals surface area (Å²) in [7, 11) is 1.57. The molecule has 1 rings (SSSR count). The number of nitrogens with zero attached hydrogens (tertiary/aromatic N) is 1. The Labute approximate surface area is 124 Å². The van der Waals surface area contributed by atoms with Gasteiger partial charge in [-0.25, -0.2) is 9.59 Å². The smallest absolute Gasteiger partial charge is 0.327 e. The number of carboxylic acid groups (broad SMARTS) is 1. The molecule has 0 aromatic heterocycles. The van der Waals surface area contributed by atoms with Gasteiger partial charge < -0.3 is 15.2 Å². The van der Waals surface area contributed by atoms with E-state index in [1.54, 1.807) is 7.11 Å². The number of carbonyl (C=O) groups is 2. The summed E-state index contributed by atoms with van der Waals surface area (Å²) in [4.78, 5) is 25.2. The van der Waals surface area contributed by atoms with Crippen LogP contribution in [0.5, 0.6) is 0 Å². The number of aliphatic carboxylic acids is 1. The Bertz CT molecular complexity index is 362. The number of hydrogen-bond acceptors (Lipinski definition) is 4. The molecule has 2 N–H and O–H groups in total. The molecule has 0 spiro atoms. The lowest BCUT2D eigenvalue weighted by Crippen LogP contribution is -2.56. The Morgan fingerprint density at radius 3 is 2.65 bits per heavy atom. The van der Waals surface area contributed by atoms with Gasteiger partial charge in [0.05, 0.1) is 17.5 Å². The van der Waals surface area contributed by atoms with Gasteiger partial charge in [-0.15, -0.1) is 11.8 Å². The molecule has 1 saturated heterocycles. The summed E-state index contributed by atoms with van der Waals surface area (Å²) in [6.07, 6.45) is 1.71. The monoisotopic (exact) mass is 304 g/mol. The zero-order valence-electron chi connectivity index (χ0n) is 12.5. The Balaban J connectivity index is 2.81. The predicted octanol–water partition coefficient (Wildman–Crippen LogP) is 1.75. The molecule has 0 radical (unpaired) electrons. The van der Waals surface area contributed by atoms with E-state index in [1.807, 2.05) is 20.8 Å². The molecule has 0 aromatic rings. The van der Waals surface area contributed by atoms with E-state index in [2.05, 4.69) is 5.32 Å². The maximum Gasteiger partial charge on any atom is 0.327 e. The molecule has 116 valence electrons. The second kappa shape index (κ2) is 7.17. The van der Waals surface area contributed by atoms with Gasteiger partial charge >= 0.3 is 12.0 Å². The maximum atomic E-state index is 12.4. The van der Waals surface area contributed by atoms with Crippen LogP contribution < -0.4 is 5.32 Å². The van der Waals surface area contributed by atoms with Crippen molar-refractivity contribution in [2.24, 2.45) is 0 Å². The molecule has 1 aliphatic heterocycles. The predicted molar refractivity (Wildman–Crippen MR) is 78.9 cm³/mol. The van der Waals surface area contributed by atoms with Crippen LogP contribution in [0.25, 0.3) is 0 Å². The average Bonchev–Trinajstić information content (AvgIpc) is 2.72. The van der Waals surface area contributed by atoms with Gasteiger partial charge in [-0.2, -0.15) is 0 Å². The van der Waals surface area contributed by atoms with Crippen molar-refractivity contribution >= 4 is 23.8 Å². The summed E-state index contributed by atoms with van der Waals surface area (Å²) in [5.41, 5.74) is -0.529. The Morgan fingerprint density at radius 2 is 2.15 bits per heavy atom. The van der Waals surface area contributed by atoms with Crippen molar-refractivity contribution in [1.29, 1.82) is 0 Å². The van der Waals surface area contributed by atoms with Gasteiger partial charge in [0.15, 0.2) is 0 Å². The average molecular weight is 304 g/mol. The van der Waals surface area contributed by atoms with Crippen LogP contribution in [-0.4, -0.2) is 58.4 Å². The molecule has 1 heterocycles. The third kappa shape index (κ3) is 4.28. The first-order valence-electron chi connectivity index (χ1n) is 6.76. The lowest BCUT2D eigenvalue weighted by molar-refractivity contribution is -0.141. The van der Waals surface area contributed by atoms with Crippen LogP contribution in [-0.2, 0) is 9.53 Å². The highest BCUT2D eigenvalue weighted by atomic mass is 32.2. The van der Waals surface area contributed by atoms with Crippen LogP contribution in [0.4, 0.5) is 4.79 Å². The highest BCUT2D eigenvalue weighted by molar-refractivity contribution is 8.00. The fourth-order valence-corrected chi connectivity index (χ4v) is 3.76. The van der Waals surface area contributed by atoms with Gasteiger partial charge in [0.1, 0.15) is 6.04 Å². The maximum absolute atomic E-state index is 12.4. The van der Waals surface area contributed by atoms with Crippen LogP contribution >= 0.6 is 11.8 Å². The van der Waals surface area contributed by atoms with Crippen LogP contribution in [0.3, 0.4) is 0 Å². The first kappa shape index (κ1) is 17.1. The summed E-state index contributed by atoms with van der Waals surface area (Å²) >= 11 is 1.53. The molecule has 6 nitrogen and oxygen atoms in total. The van der Waals surface area contributed by atoms with Crippen molar-refractivity contribution in [1.82, 2.24) is 10.2 Å². The normalized spacial score (nSPS) is 22.9. The molecule has 20 heavy (non-hydrogen) atoms. The number of amides is 2. The first-order valence-corrected chi connectivity index (χ1v) is 7.81. The molecular formula is C13H24N2O4S. The number of methoxy groups -OCH3 is 1. The topological polar surface area (TPSA) is 78.9 Å².